The maximum absolute atomic E-state index is 11.1. The highest BCUT2D eigenvalue weighted by Gasteiger charge is 2.26. The van der Waals surface area contributed by atoms with Gasteiger partial charge in [-0.2, -0.15) is 0 Å². The number of phenols is 1. The van der Waals surface area contributed by atoms with Crippen LogP contribution in [-0.2, 0) is 4.79 Å². The van der Waals surface area contributed by atoms with Crippen LogP contribution in [0.5, 0.6) is 5.75 Å². The van der Waals surface area contributed by atoms with E-state index in [1.54, 1.807) is 31.2 Å². The lowest BCUT2D eigenvalue weighted by Crippen LogP contribution is -2.19. The number of carbonyl (C=O) groups is 1. The minimum absolute atomic E-state index is 0.107. The van der Waals surface area contributed by atoms with Crippen LogP contribution in [0.4, 0.5) is 0 Å². The smallest absolute Gasteiger partial charge is 0.328 e. The summed E-state index contributed by atoms with van der Waals surface area (Å²) in [5.74, 6) is -0.383. The molecule has 0 amide bonds. The molecule has 4 rings (SSSR count). The Kier molecular flexibility index (Phi) is 9.24. The van der Waals surface area contributed by atoms with Crippen molar-refractivity contribution in [2.45, 2.75) is 53.9 Å². The molecule has 2 N–H and O–H groups in total. The van der Waals surface area contributed by atoms with Crippen LogP contribution in [0.3, 0.4) is 0 Å². The number of hydrogen-bond acceptors (Lipinski definition) is 5. The number of allylic oxidation sites excluding steroid dienone is 9. The second kappa shape index (κ2) is 12.4. The lowest BCUT2D eigenvalue weighted by molar-refractivity contribution is -0.131. The molecule has 3 aliphatic rings. The number of nitrogens with zero attached hydrogens (tertiary/aromatic N) is 1. The number of aromatic hydroxyl groups is 1. The van der Waals surface area contributed by atoms with E-state index in [-0.39, 0.29) is 16.6 Å². The fraction of sp³-hybridized carbons (Fsp3) is 0.281. The second-order valence-electron chi connectivity index (χ2n) is 10.3. The molecule has 198 valence electrons. The van der Waals surface area contributed by atoms with Gasteiger partial charge in [0.2, 0.25) is 0 Å². The Morgan fingerprint density at radius 3 is 2.55 bits per heavy atom. The van der Waals surface area contributed by atoms with Crippen molar-refractivity contribution in [2.75, 3.05) is 0 Å². The van der Waals surface area contributed by atoms with Gasteiger partial charge in [-0.05, 0) is 80.9 Å². The van der Waals surface area contributed by atoms with Gasteiger partial charge in [0.25, 0.3) is 0 Å². The quantitative estimate of drug-likeness (QED) is 0.207. The van der Waals surface area contributed by atoms with E-state index < -0.39 is 5.97 Å². The maximum Gasteiger partial charge on any atom is 0.328 e. The standard InChI is InChI=1S/C20H28O2.C12H7NO3/c1-15(8-6-9-16(2)14-19(21)22)11-12-18-17(3)10-7-13-20(18,4)5;14-7-1-3-9-11(5-7)16-12-6-8(15)2-4-10(12)13-9/h6,8-9,11-12,14H,7,10,13H2,1-5H3,(H,21,22);1-6,14H/b9-6+,12-11+,15-8+,16-14+;. The number of rotatable bonds is 5. The zero-order valence-corrected chi connectivity index (χ0v) is 22.6. The molecular weight excluding hydrogens is 478 g/mol. The number of aliphatic carboxylic acids is 1. The van der Waals surface area contributed by atoms with Gasteiger partial charge in [-0.25, -0.2) is 9.78 Å². The number of aromatic nitrogens is 1. The molecule has 2 aliphatic carbocycles. The van der Waals surface area contributed by atoms with Crippen LogP contribution < -0.4 is 5.43 Å². The van der Waals surface area contributed by atoms with E-state index in [1.807, 2.05) is 12.2 Å². The molecule has 0 radical (unpaired) electrons. The second-order valence-corrected chi connectivity index (χ2v) is 10.3. The van der Waals surface area contributed by atoms with Crippen LogP contribution >= 0.6 is 0 Å². The molecule has 0 bridgehead atoms. The van der Waals surface area contributed by atoms with Crippen molar-refractivity contribution in [3.8, 4) is 17.2 Å². The molecule has 0 saturated heterocycles. The first-order chi connectivity index (χ1) is 17.9. The zero-order chi connectivity index (χ0) is 27.9. The van der Waals surface area contributed by atoms with E-state index in [1.165, 1.54) is 54.7 Å². The van der Waals surface area contributed by atoms with Crippen LogP contribution in [0.2, 0.25) is 0 Å². The molecule has 0 saturated carbocycles. The fourth-order valence-corrected chi connectivity index (χ4v) is 4.47. The van der Waals surface area contributed by atoms with Crippen molar-refractivity contribution in [1.82, 2.24) is 4.98 Å². The molecule has 0 atom stereocenters. The van der Waals surface area contributed by atoms with Gasteiger partial charge in [-0.15, -0.1) is 0 Å². The molecule has 6 nitrogen and oxygen atoms in total. The van der Waals surface area contributed by atoms with Gasteiger partial charge in [0.05, 0.1) is 0 Å². The number of benzene rings is 2. The van der Waals surface area contributed by atoms with Gasteiger partial charge in [-0.1, -0.05) is 55.4 Å². The van der Waals surface area contributed by atoms with Crippen LogP contribution in [-0.4, -0.2) is 21.2 Å². The summed E-state index contributed by atoms with van der Waals surface area (Å²) in [7, 11) is 0. The lowest BCUT2D eigenvalue weighted by atomic mass is 9.72. The molecule has 0 spiro atoms. The molecule has 1 aliphatic heterocycles. The SMILES string of the molecule is CC1=C(/C=C/C(C)=C/C=C/C(C)=C/C(=O)O)C(C)(C)CCC1.O=c1ccc2nc3ccc(O)cc3oc-2c1. The van der Waals surface area contributed by atoms with E-state index in [9.17, 15) is 14.7 Å². The summed E-state index contributed by atoms with van der Waals surface area (Å²) in [6.07, 6.45) is 15.0. The van der Waals surface area contributed by atoms with E-state index in [2.05, 4.69) is 44.8 Å². The molecule has 38 heavy (non-hydrogen) atoms. The number of fused-ring (bicyclic) bond motifs is 2. The Labute approximate surface area is 223 Å². The average Bonchev–Trinajstić information content (AvgIpc) is 2.82. The summed E-state index contributed by atoms with van der Waals surface area (Å²) < 4.78 is 5.49. The van der Waals surface area contributed by atoms with Gasteiger partial charge < -0.3 is 14.6 Å². The van der Waals surface area contributed by atoms with Crippen molar-refractivity contribution in [1.29, 1.82) is 0 Å². The third-order valence-electron chi connectivity index (χ3n) is 6.46. The van der Waals surface area contributed by atoms with Crippen molar-refractivity contribution < 1.29 is 19.4 Å². The third-order valence-corrected chi connectivity index (χ3v) is 6.46. The van der Waals surface area contributed by atoms with Crippen LogP contribution in [0.1, 0.15) is 53.9 Å². The van der Waals surface area contributed by atoms with E-state index in [4.69, 9.17) is 9.52 Å². The Morgan fingerprint density at radius 2 is 1.84 bits per heavy atom. The zero-order valence-electron chi connectivity index (χ0n) is 22.6. The highest BCUT2D eigenvalue weighted by Crippen LogP contribution is 2.40. The minimum Gasteiger partial charge on any atom is -0.508 e. The number of phenolic OH excluding ortho intramolecular Hbond substituents is 1. The van der Waals surface area contributed by atoms with Crippen LogP contribution in [0.25, 0.3) is 22.6 Å². The van der Waals surface area contributed by atoms with Crippen LogP contribution in [0, 0.1) is 5.41 Å². The van der Waals surface area contributed by atoms with Crippen molar-refractivity contribution in [3.63, 3.8) is 0 Å². The first-order valence-corrected chi connectivity index (χ1v) is 12.6. The monoisotopic (exact) mass is 513 g/mol. The van der Waals surface area contributed by atoms with Gasteiger partial charge in [0.15, 0.2) is 16.8 Å². The first kappa shape index (κ1) is 28.4. The van der Waals surface area contributed by atoms with E-state index >= 15 is 0 Å². The summed E-state index contributed by atoms with van der Waals surface area (Å²) >= 11 is 0. The molecule has 1 aromatic rings. The van der Waals surface area contributed by atoms with Crippen molar-refractivity contribution in [3.05, 3.63) is 105 Å². The van der Waals surface area contributed by atoms with Crippen LogP contribution in [0.15, 0.2) is 104 Å². The number of carboxylic acids is 1. The highest BCUT2D eigenvalue weighted by atomic mass is 16.4. The largest absolute Gasteiger partial charge is 0.508 e. The summed E-state index contributed by atoms with van der Waals surface area (Å²) in [6, 6.07) is 9.12. The number of hydrogen-bond donors (Lipinski definition) is 2. The van der Waals surface area contributed by atoms with Crippen molar-refractivity contribution >= 4 is 17.1 Å². The first-order valence-electron chi connectivity index (χ1n) is 12.6. The normalized spacial score (nSPS) is 16.3. The number of carboxylic acid groups (broad SMARTS) is 1. The predicted molar refractivity (Wildman–Crippen MR) is 152 cm³/mol. The van der Waals surface area contributed by atoms with Crippen molar-refractivity contribution in [2.24, 2.45) is 5.41 Å². The molecule has 0 unspecified atom stereocenters. The minimum atomic E-state index is -0.912. The Balaban J connectivity index is 0.000000219. The van der Waals surface area contributed by atoms with Gasteiger partial charge in [0, 0.05) is 18.2 Å². The predicted octanol–water partition coefficient (Wildman–Crippen LogP) is 7.60. The lowest BCUT2D eigenvalue weighted by Gasteiger charge is -2.32. The molecule has 0 aromatic heterocycles. The Morgan fingerprint density at radius 1 is 1.08 bits per heavy atom. The molecular formula is C32H35NO5. The van der Waals surface area contributed by atoms with Gasteiger partial charge in [-0.3, -0.25) is 4.79 Å². The summed E-state index contributed by atoms with van der Waals surface area (Å²) in [5.41, 5.74) is 6.69. The van der Waals surface area contributed by atoms with E-state index in [0.717, 1.165) is 11.1 Å². The highest BCUT2D eigenvalue weighted by molar-refractivity contribution is 5.81. The maximum atomic E-state index is 11.1. The summed E-state index contributed by atoms with van der Waals surface area (Å²) in [6.45, 7) is 10.7. The average molecular weight is 514 g/mol. The third kappa shape index (κ3) is 7.90. The Bertz CT molecular complexity index is 1500. The summed E-state index contributed by atoms with van der Waals surface area (Å²) in [5, 5.41) is 18.0. The fourth-order valence-electron chi connectivity index (χ4n) is 4.47. The molecule has 1 heterocycles. The topological polar surface area (TPSA) is 101 Å². The Hall–Kier alpha value is -4.19. The molecule has 6 heteroatoms. The van der Waals surface area contributed by atoms with E-state index in [0.29, 0.717) is 22.6 Å². The van der Waals surface area contributed by atoms with Gasteiger partial charge >= 0.3 is 5.97 Å². The molecule has 1 aromatic carbocycles. The summed E-state index contributed by atoms with van der Waals surface area (Å²) in [4.78, 5) is 26.0. The molecule has 0 fully saturated rings. The van der Waals surface area contributed by atoms with Gasteiger partial charge in [0.1, 0.15) is 17.0 Å².